The zero-order valence-electron chi connectivity index (χ0n) is 16.4. The molecule has 1 N–H and O–H groups in total. The van der Waals surface area contributed by atoms with Gasteiger partial charge in [-0.1, -0.05) is 19.4 Å². The van der Waals surface area contributed by atoms with Gasteiger partial charge in [-0.05, 0) is 44.2 Å². The molecule has 1 fully saturated rings. The molecule has 1 aliphatic rings. The van der Waals surface area contributed by atoms with E-state index in [0.717, 1.165) is 65.8 Å². The van der Waals surface area contributed by atoms with Crippen LogP contribution in [-0.4, -0.2) is 37.8 Å². The molecule has 4 rings (SSSR count). The van der Waals surface area contributed by atoms with Crippen LogP contribution < -0.4 is 10.2 Å². The van der Waals surface area contributed by atoms with Gasteiger partial charge in [0.1, 0.15) is 16.9 Å². The summed E-state index contributed by atoms with van der Waals surface area (Å²) in [6, 6.07) is 4.03. The fourth-order valence-electron chi connectivity index (χ4n) is 3.62. The van der Waals surface area contributed by atoms with Crippen molar-refractivity contribution >= 4 is 28.6 Å². The molecular formula is C20H27N7. The second-order valence-corrected chi connectivity index (χ2v) is 7.28. The summed E-state index contributed by atoms with van der Waals surface area (Å²) in [6.07, 6.45) is 7.48. The molecule has 7 heteroatoms. The van der Waals surface area contributed by atoms with E-state index in [2.05, 4.69) is 22.1 Å². The Hall–Kier alpha value is -2.70. The highest BCUT2D eigenvalue weighted by Crippen LogP contribution is 2.29. The highest BCUT2D eigenvalue weighted by Gasteiger charge is 2.21. The summed E-state index contributed by atoms with van der Waals surface area (Å²) in [5.74, 6) is 2.35. The van der Waals surface area contributed by atoms with Gasteiger partial charge >= 0.3 is 0 Å². The van der Waals surface area contributed by atoms with E-state index in [1.165, 1.54) is 19.3 Å². The maximum atomic E-state index is 4.93. The Labute approximate surface area is 159 Å². The van der Waals surface area contributed by atoms with E-state index in [4.69, 9.17) is 15.1 Å². The largest absolute Gasteiger partial charge is 0.341 e. The number of piperidine rings is 1. The molecule has 0 saturated carbocycles. The molecule has 3 aromatic heterocycles. The summed E-state index contributed by atoms with van der Waals surface area (Å²) in [6.45, 7) is 6.23. The minimum absolute atomic E-state index is 0.772. The molecule has 1 saturated heterocycles. The number of aromatic nitrogens is 5. The summed E-state index contributed by atoms with van der Waals surface area (Å²) < 4.78 is 1.89. The van der Waals surface area contributed by atoms with Gasteiger partial charge in [0.15, 0.2) is 5.82 Å². The van der Waals surface area contributed by atoms with Crippen molar-refractivity contribution in [3.05, 3.63) is 29.6 Å². The average Bonchev–Trinajstić information content (AvgIpc) is 3.00. The van der Waals surface area contributed by atoms with Crippen LogP contribution in [0.3, 0.4) is 0 Å². The quantitative estimate of drug-likeness (QED) is 0.742. The smallest absolute Gasteiger partial charge is 0.228 e. The molecule has 142 valence electrons. The van der Waals surface area contributed by atoms with E-state index in [1.54, 1.807) is 0 Å². The van der Waals surface area contributed by atoms with Gasteiger partial charge in [0.2, 0.25) is 5.95 Å². The standard InChI is InChI=1S/C20H27N7/c1-4-8-15-17-18(26(3)25-15)19(22-16-10-9-14(2)13-21-16)24-20(23-17)27-11-6-5-7-12-27/h9-10,13H,4-8,11-12H2,1-3H3,(H,21,22,23,24). The Kier molecular flexibility index (Phi) is 4.92. The first kappa shape index (κ1) is 17.7. The molecule has 0 aromatic carbocycles. The van der Waals surface area contributed by atoms with Gasteiger partial charge in [0.25, 0.3) is 0 Å². The van der Waals surface area contributed by atoms with Crippen molar-refractivity contribution in [3.63, 3.8) is 0 Å². The summed E-state index contributed by atoms with van der Waals surface area (Å²) in [7, 11) is 1.96. The maximum absolute atomic E-state index is 4.93. The van der Waals surface area contributed by atoms with Crippen molar-refractivity contribution in [2.24, 2.45) is 7.05 Å². The number of pyridine rings is 1. The first-order valence-corrected chi connectivity index (χ1v) is 9.84. The lowest BCUT2D eigenvalue weighted by Gasteiger charge is -2.27. The molecule has 0 amide bonds. The third-order valence-corrected chi connectivity index (χ3v) is 5.02. The highest BCUT2D eigenvalue weighted by atomic mass is 15.3. The number of hydrogen-bond donors (Lipinski definition) is 1. The lowest BCUT2D eigenvalue weighted by molar-refractivity contribution is 0.569. The fraction of sp³-hybridized carbons (Fsp3) is 0.500. The van der Waals surface area contributed by atoms with Gasteiger partial charge in [-0.25, -0.2) is 9.97 Å². The summed E-state index contributed by atoms with van der Waals surface area (Å²) >= 11 is 0. The fourth-order valence-corrected chi connectivity index (χ4v) is 3.62. The second-order valence-electron chi connectivity index (χ2n) is 7.28. The SMILES string of the molecule is CCCc1nn(C)c2c(Nc3ccc(C)cn3)nc(N3CCCCC3)nc12. The molecule has 27 heavy (non-hydrogen) atoms. The molecule has 3 aromatic rings. The first-order valence-electron chi connectivity index (χ1n) is 9.84. The number of nitrogens with zero attached hydrogens (tertiary/aromatic N) is 6. The monoisotopic (exact) mass is 365 g/mol. The molecule has 0 radical (unpaired) electrons. The Balaban J connectivity index is 1.82. The third kappa shape index (κ3) is 3.59. The molecule has 7 nitrogen and oxygen atoms in total. The Bertz CT molecular complexity index is 924. The number of aryl methyl sites for hydroxylation is 3. The first-order chi connectivity index (χ1) is 13.2. The molecule has 4 heterocycles. The minimum Gasteiger partial charge on any atom is -0.341 e. The molecule has 1 aliphatic heterocycles. The molecule has 0 spiro atoms. The van der Waals surface area contributed by atoms with Crippen molar-refractivity contribution in [1.29, 1.82) is 0 Å². The molecule has 0 aliphatic carbocycles. The zero-order valence-corrected chi connectivity index (χ0v) is 16.4. The molecule has 0 atom stereocenters. The zero-order chi connectivity index (χ0) is 18.8. The summed E-state index contributed by atoms with van der Waals surface area (Å²) in [5, 5.41) is 8.12. The van der Waals surface area contributed by atoms with Gasteiger partial charge in [0, 0.05) is 26.3 Å². The van der Waals surface area contributed by atoms with Gasteiger partial charge < -0.3 is 10.2 Å². The minimum atomic E-state index is 0.772. The number of hydrogen-bond acceptors (Lipinski definition) is 6. The van der Waals surface area contributed by atoms with Crippen molar-refractivity contribution in [2.45, 2.75) is 46.0 Å². The van der Waals surface area contributed by atoms with Crippen LogP contribution in [0.25, 0.3) is 11.0 Å². The molecule has 0 bridgehead atoms. The second kappa shape index (κ2) is 7.50. The Morgan fingerprint density at radius 2 is 1.93 bits per heavy atom. The van der Waals surface area contributed by atoms with Gasteiger partial charge in [-0.15, -0.1) is 0 Å². The predicted octanol–water partition coefficient (Wildman–Crippen LogP) is 3.75. The molecular weight excluding hydrogens is 338 g/mol. The van der Waals surface area contributed by atoms with E-state index in [9.17, 15) is 0 Å². The van der Waals surface area contributed by atoms with E-state index >= 15 is 0 Å². The summed E-state index contributed by atoms with van der Waals surface area (Å²) in [4.78, 5) is 16.6. The number of rotatable bonds is 5. The lowest BCUT2D eigenvalue weighted by Crippen LogP contribution is -2.31. The number of fused-ring (bicyclic) bond motifs is 1. The van der Waals surface area contributed by atoms with Crippen LogP contribution in [-0.2, 0) is 13.5 Å². The predicted molar refractivity (Wildman–Crippen MR) is 109 cm³/mol. The maximum Gasteiger partial charge on any atom is 0.228 e. The van der Waals surface area contributed by atoms with Crippen LogP contribution in [0, 0.1) is 6.92 Å². The van der Waals surface area contributed by atoms with Crippen molar-refractivity contribution in [3.8, 4) is 0 Å². The lowest BCUT2D eigenvalue weighted by atomic mass is 10.1. The van der Waals surface area contributed by atoms with E-state index in [0.29, 0.717) is 0 Å². The number of nitrogens with one attached hydrogen (secondary N) is 1. The van der Waals surface area contributed by atoms with E-state index in [1.807, 2.05) is 37.0 Å². The number of anilines is 3. The van der Waals surface area contributed by atoms with Crippen molar-refractivity contribution in [1.82, 2.24) is 24.7 Å². The van der Waals surface area contributed by atoms with Crippen LogP contribution in [0.5, 0.6) is 0 Å². The van der Waals surface area contributed by atoms with Crippen molar-refractivity contribution < 1.29 is 0 Å². The van der Waals surface area contributed by atoms with Crippen LogP contribution >= 0.6 is 0 Å². The van der Waals surface area contributed by atoms with Crippen molar-refractivity contribution in [2.75, 3.05) is 23.3 Å². The highest BCUT2D eigenvalue weighted by molar-refractivity contribution is 5.90. The summed E-state index contributed by atoms with van der Waals surface area (Å²) in [5.41, 5.74) is 4.05. The Morgan fingerprint density at radius 1 is 1.11 bits per heavy atom. The molecule has 0 unspecified atom stereocenters. The average molecular weight is 365 g/mol. The normalized spacial score (nSPS) is 14.7. The van der Waals surface area contributed by atoms with Crippen LogP contribution in [0.15, 0.2) is 18.3 Å². The van der Waals surface area contributed by atoms with Crippen LogP contribution in [0.1, 0.15) is 43.9 Å². The van der Waals surface area contributed by atoms with E-state index in [-0.39, 0.29) is 0 Å². The Morgan fingerprint density at radius 3 is 2.63 bits per heavy atom. The van der Waals surface area contributed by atoms with Crippen LogP contribution in [0.2, 0.25) is 0 Å². The third-order valence-electron chi connectivity index (χ3n) is 5.02. The van der Waals surface area contributed by atoms with Gasteiger partial charge in [0.05, 0.1) is 5.69 Å². The van der Waals surface area contributed by atoms with Crippen LogP contribution in [0.4, 0.5) is 17.6 Å². The topological polar surface area (TPSA) is 71.8 Å². The van der Waals surface area contributed by atoms with Gasteiger partial charge in [-0.2, -0.15) is 10.1 Å². The van der Waals surface area contributed by atoms with E-state index < -0.39 is 0 Å². The van der Waals surface area contributed by atoms with Gasteiger partial charge in [-0.3, -0.25) is 4.68 Å².